The van der Waals surface area contributed by atoms with E-state index in [1.165, 1.54) is 28.2 Å². The van der Waals surface area contributed by atoms with Crippen LogP contribution in [0, 0.1) is 0 Å². The lowest BCUT2D eigenvalue weighted by molar-refractivity contribution is 0.325. The van der Waals surface area contributed by atoms with Gasteiger partial charge in [-0.15, -0.1) is 11.3 Å². The number of thiazole rings is 1. The van der Waals surface area contributed by atoms with Crippen LogP contribution in [0.25, 0.3) is 27.6 Å². The smallest absolute Gasteiger partial charge is 0.262 e. The number of piperidine rings is 1. The number of hydrogen-bond donors (Lipinski definition) is 2. The van der Waals surface area contributed by atoms with Gasteiger partial charge in [0.2, 0.25) is 5.95 Å². The van der Waals surface area contributed by atoms with Crippen LogP contribution in [-0.4, -0.2) is 65.9 Å². The number of aryl methyl sites for hydroxylation is 1. The lowest BCUT2D eigenvalue weighted by Gasteiger charge is -2.31. The molecule has 1 atom stereocenters. The Kier molecular flexibility index (Phi) is 5.89. The van der Waals surface area contributed by atoms with Gasteiger partial charge in [-0.2, -0.15) is 4.31 Å². The fourth-order valence-corrected chi connectivity index (χ4v) is 6.76. The average molecular weight is 537 g/mol. The quantitative estimate of drug-likeness (QED) is 0.338. The largest absolute Gasteiger partial charge is 0.508 e. The van der Waals surface area contributed by atoms with Crippen molar-refractivity contribution in [2.24, 2.45) is 7.05 Å². The van der Waals surface area contributed by atoms with Crippen LogP contribution < -0.4 is 5.32 Å². The highest BCUT2D eigenvalue weighted by Crippen LogP contribution is 2.34. The molecule has 5 aromatic rings. The van der Waals surface area contributed by atoms with Gasteiger partial charge in [-0.05, 0) is 31.0 Å². The van der Waals surface area contributed by atoms with Crippen molar-refractivity contribution in [2.45, 2.75) is 23.9 Å². The first kappa shape index (κ1) is 23.6. The van der Waals surface area contributed by atoms with Crippen LogP contribution in [0.3, 0.4) is 0 Å². The molecular formula is C24H24N8O3S2. The van der Waals surface area contributed by atoms with Crippen LogP contribution in [0.2, 0.25) is 0 Å². The van der Waals surface area contributed by atoms with E-state index in [2.05, 4.69) is 15.3 Å². The molecule has 0 radical (unpaired) electrons. The Balaban J connectivity index is 1.29. The van der Waals surface area contributed by atoms with Crippen molar-refractivity contribution in [3.8, 4) is 28.4 Å². The zero-order chi connectivity index (χ0) is 25.6. The van der Waals surface area contributed by atoms with Crippen molar-refractivity contribution < 1.29 is 13.5 Å². The number of phenolic OH excluding ortho intramolecular Hbond substituents is 1. The Morgan fingerprint density at radius 3 is 2.89 bits per heavy atom. The molecule has 1 aliphatic heterocycles. The predicted molar refractivity (Wildman–Crippen MR) is 140 cm³/mol. The summed E-state index contributed by atoms with van der Waals surface area (Å²) in [6.45, 7) is 0.736. The molecule has 37 heavy (non-hydrogen) atoms. The third-order valence-corrected chi connectivity index (χ3v) is 8.79. The minimum absolute atomic E-state index is 0.0499. The van der Waals surface area contributed by atoms with Crippen molar-refractivity contribution in [3.05, 3.63) is 60.6 Å². The summed E-state index contributed by atoms with van der Waals surface area (Å²) in [6, 6.07) is 8.64. The second-order valence-corrected chi connectivity index (χ2v) is 11.7. The van der Waals surface area contributed by atoms with Crippen LogP contribution in [-0.2, 0) is 17.1 Å². The van der Waals surface area contributed by atoms with E-state index in [0.29, 0.717) is 36.8 Å². The fourth-order valence-electron chi connectivity index (χ4n) is 4.56. The number of hydrogen-bond acceptors (Lipinski definition) is 9. The molecule has 6 rings (SSSR count). The standard InChI is InChI=1S/C24H24N8O3S2/c1-30-14-20(26-15-30)37(34,35)31-9-3-5-17(13-31)27-23-25-8-7-19(28-23)22-21(16-4-2-6-18(33)12-16)29-24-32(22)10-11-36-24/h2,4,6-8,10-12,14-15,17,33H,3,5,9,13H2,1H3,(H,25,27,28)/t17-/m1/s1. The lowest BCUT2D eigenvalue weighted by Crippen LogP contribution is -2.45. The molecule has 13 heteroatoms. The summed E-state index contributed by atoms with van der Waals surface area (Å²) in [6.07, 6.45) is 8.11. The maximum Gasteiger partial charge on any atom is 0.262 e. The molecule has 1 aromatic carbocycles. The summed E-state index contributed by atoms with van der Waals surface area (Å²) in [5.41, 5.74) is 2.94. The molecule has 0 aliphatic carbocycles. The summed E-state index contributed by atoms with van der Waals surface area (Å²) in [7, 11) is -1.93. The summed E-state index contributed by atoms with van der Waals surface area (Å²) in [5, 5.41) is 15.4. The van der Waals surface area contributed by atoms with E-state index < -0.39 is 10.0 Å². The highest BCUT2D eigenvalue weighted by Gasteiger charge is 2.32. The minimum atomic E-state index is -3.68. The average Bonchev–Trinajstić information content (AvgIpc) is 3.61. The second-order valence-electron chi connectivity index (χ2n) is 8.90. The molecule has 0 spiro atoms. The maximum absolute atomic E-state index is 13.1. The van der Waals surface area contributed by atoms with Crippen molar-refractivity contribution in [3.63, 3.8) is 0 Å². The number of nitrogens with one attached hydrogen (secondary N) is 1. The van der Waals surface area contributed by atoms with Gasteiger partial charge in [0.25, 0.3) is 10.0 Å². The molecule has 1 aliphatic rings. The topological polar surface area (TPSA) is 131 Å². The number of benzene rings is 1. The van der Waals surface area contributed by atoms with Gasteiger partial charge < -0.3 is 15.0 Å². The Labute approximate surface area is 217 Å². The first-order valence-corrected chi connectivity index (χ1v) is 14.0. The van der Waals surface area contributed by atoms with Crippen LogP contribution in [0.4, 0.5) is 5.95 Å². The molecule has 0 saturated carbocycles. The van der Waals surface area contributed by atoms with E-state index in [1.807, 2.05) is 28.1 Å². The van der Waals surface area contributed by atoms with E-state index in [0.717, 1.165) is 22.6 Å². The zero-order valence-corrected chi connectivity index (χ0v) is 21.5. The van der Waals surface area contributed by atoms with Crippen LogP contribution >= 0.6 is 11.3 Å². The molecule has 5 heterocycles. The molecule has 4 aromatic heterocycles. The van der Waals surface area contributed by atoms with Crippen molar-refractivity contribution in [1.82, 2.24) is 33.2 Å². The highest BCUT2D eigenvalue weighted by molar-refractivity contribution is 7.89. The molecule has 0 amide bonds. The number of rotatable bonds is 6. The molecule has 2 N–H and O–H groups in total. The number of nitrogens with zero attached hydrogens (tertiary/aromatic N) is 7. The predicted octanol–water partition coefficient (Wildman–Crippen LogP) is 3.22. The first-order chi connectivity index (χ1) is 17.9. The lowest BCUT2D eigenvalue weighted by atomic mass is 10.1. The number of phenols is 1. The maximum atomic E-state index is 13.1. The van der Waals surface area contributed by atoms with Gasteiger partial charge in [-0.3, -0.25) is 4.40 Å². The Morgan fingerprint density at radius 1 is 1.19 bits per heavy atom. The van der Waals surface area contributed by atoms with Crippen LogP contribution in [0.15, 0.2) is 65.7 Å². The SMILES string of the molecule is Cn1cnc(S(=O)(=O)N2CCC[C@@H](Nc3nccc(-c4c(-c5cccc(O)c5)nc5sccn45)n3)C2)c1. The van der Waals surface area contributed by atoms with Crippen molar-refractivity contribution >= 4 is 32.3 Å². The Bertz CT molecular complexity index is 1690. The summed E-state index contributed by atoms with van der Waals surface area (Å²) >= 11 is 1.51. The molecule has 1 saturated heterocycles. The van der Waals surface area contributed by atoms with Gasteiger partial charge in [-0.25, -0.2) is 28.4 Å². The number of imidazole rings is 2. The van der Waals surface area contributed by atoms with E-state index in [1.54, 1.807) is 36.0 Å². The van der Waals surface area contributed by atoms with Gasteiger partial charge in [0.15, 0.2) is 9.99 Å². The minimum Gasteiger partial charge on any atom is -0.508 e. The monoisotopic (exact) mass is 536 g/mol. The number of sulfonamides is 1. The number of fused-ring (bicyclic) bond motifs is 1. The van der Waals surface area contributed by atoms with Gasteiger partial charge in [0, 0.05) is 55.7 Å². The molecule has 190 valence electrons. The Morgan fingerprint density at radius 2 is 2.08 bits per heavy atom. The van der Waals surface area contributed by atoms with Crippen molar-refractivity contribution in [1.29, 1.82) is 0 Å². The molecule has 1 fully saturated rings. The Hall–Kier alpha value is -3.81. The molecule has 11 nitrogen and oxygen atoms in total. The summed E-state index contributed by atoms with van der Waals surface area (Å²) in [5.74, 6) is 0.568. The highest BCUT2D eigenvalue weighted by atomic mass is 32.2. The zero-order valence-electron chi connectivity index (χ0n) is 19.9. The second kappa shape index (κ2) is 9.25. The van der Waals surface area contributed by atoms with E-state index in [4.69, 9.17) is 9.97 Å². The third kappa shape index (κ3) is 4.45. The third-order valence-electron chi connectivity index (χ3n) is 6.28. The number of aromatic hydroxyl groups is 1. The van der Waals surface area contributed by atoms with Crippen molar-refractivity contribution in [2.75, 3.05) is 18.4 Å². The molecule has 0 bridgehead atoms. The van der Waals surface area contributed by atoms with E-state index in [9.17, 15) is 13.5 Å². The summed E-state index contributed by atoms with van der Waals surface area (Å²) in [4.78, 5) is 18.8. The van der Waals surface area contributed by atoms with E-state index >= 15 is 0 Å². The van der Waals surface area contributed by atoms with Gasteiger partial charge in [0.05, 0.1) is 17.7 Å². The van der Waals surface area contributed by atoms with Gasteiger partial charge >= 0.3 is 0 Å². The normalized spacial score (nSPS) is 16.8. The van der Waals surface area contributed by atoms with E-state index in [-0.39, 0.29) is 16.8 Å². The first-order valence-electron chi connectivity index (χ1n) is 11.7. The molecular weight excluding hydrogens is 512 g/mol. The number of anilines is 1. The summed E-state index contributed by atoms with van der Waals surface area (Å²) < 4.78 is 31.2. The van der Waals surface area contributed by atoms with Crippen LogP contribution in [0.5, 0.6) is 5.75 Å². The fraction of sp³-hybridized carbons (Fsp3) is 0.250. The van der Waals surface area contributed by atoms with Gasteiger partial charge in [0.1, 0.15) is 11.4 Å². The molecule has 0 unspecified atom stereocenters. The number of aromatic nitrogens is 6. The van der Waals surface area contributed by atoms with Gasteiger partial charge in [-0.1, -0.05) is 12.1 Å². The van der Waals surface area contributed by atoms with Crippen LogP contribution in [0.1, 0.15) is 12.8 Å².